The average molecular weight is 468 g/mol. The molecule has 0 bridgehead atoms. The van der Waals surface area contributed by atoms with E-state index in [2.05, 4.69) is 23.7 Å². The molecule has 0 aliphatic carbocycles. The Hall–Kier alpha value is -3.59. The number of nitro benzene ring substituents is 1. The van der Waals surface area contributed by atoms with E-state index in [4.69, 9.17) is 4.74 Å². The highest BCUT2D eigenvalue weighted by Crippen LogP contribution is 2.40. The molecule has 1 heterocycles. The summed E-state index contributed by atoms with van der Waals surface area (Å²) in [4.78, 5) is 30.0. The third-order valence-corrected chi connectivity index (χ3v) is 6.00. The number of nitrogens with zero attached hydrogens (tertiary/aromatic N) is 3. The van der Waals surface area contributed by atoms with Crippen molar-refractivity contribution in [1.82, 2.24) is 0 Å². The fourth-order valence-corrected chi connectivity index (χ4v) is 4.31. The molecule has 0 saturated carbocycles. The Morgan fingerprint density at radius 2 is 1.76 bits per heavy atom. The fourth-order valence-electron chi connectivity index (χ4n) is 3.28. The van der Waals surface area contributed by atoms with Crippen molar-refractivity contribution in [2.75, 3.05) is 24.6 Å². The first-order chi connectivity index (χ1) is 15.9. The second-order valence-corrected chi connectivity index (χ2v) is 8.04. The number of nitro groups is 1. The second kappa shape index (κ2) is 10.8. The van der Waals surface area contributed by atoms with Gasteiger partial charge in [0.05, 0.1) is 22.1 Å². The minimum absolute atomic E-state index is 0.0220. The van der Waals surface area contributed by atoms with Crippen molar-refractivity contribution in [2.24, 2.45) is 4.99 Å². The van der Waals surface area contributed by atoms with Gasteiger partial charge in [0.25, 0.3) is 5.69 Å². The lowest BCUT2D eigenvalue weighted by atomic mass is 10.1. The number of aliphatic imine (C=N–C) groups is 1. The topological polar surface area (TPSA) is 105 Å². The van der Waals surface area contributed by atoms with Gasteiger partial charge < -0.3 is 14.7 Å². The van der Waals surface area contributed by atoms with E-state index in [1.807, 2.05) is 24.3 Å². The van der Waals surface area contributed by atoms with Crippen LogP contribution in [0.5, 0.6) is 0 Å². The van der Waals surface area contributed by atoms with E-state index in [-0.39, 0.29) is 28.7 Å². The largest absolute Gasteiger partial charge is 0.506 e. The van der Waals surface area contributed by atoms with Crippen LogP contribution in [-0.2, 0) is 9.53 Å². The average Bonchev–Trinajstić information content (AvgIpc) is 3.10. The van der Waals surface area contributed by atoms with Crippen LogP contribution in [-0.4, -0.2) is 40.7 Å². The number of hydrogen-bond acceptors (Lipinski definition) is 8. The van der Waals surface area contributed by atoms with Crippen molar-refractivity contribution in [3.63, 3.8) is 0 Å². The predicted octanol–water partition coefficient (Wildman–Crippen LogP) is 5.63. The van der Waals surface area contributed by atoms with Crippen LogP contribution in [0.1, 0.15) is 26.3 Å². The normalized spacial score (nSPS) is 15.8. The van der Waals surface area contributed by atoms with Crippen molar-refractivity contribution < 1.29 is 19.6 Å². The summed E-state index contributed by atoms with van der Waals surface area (Å²) in [6.45, 7) is 7.83. The smallest absolute Gasteiger partial charge is 0.344 e. The van der Waals surface area contributed by atoms with Crippen LogP contribution in [0.4, 0.5) is 17.1 Å². The molecule has 0 amide bonds. The molecule has 0 saturated heterocycles. The zero-order chi connectivity index (χ0) is 24.0. The summed E-state index contributed by atoms with van der Waals surface area (Å²) >= 11 is 1.14. The molecular weight excluding hydrogens is 442 g/mol. The summed E-state index contributed by atoms with van der Waals surface area (Å²) in [6.07, 6.45) is 1.78. The Kier molecular flexibility index (Phi) is 7.89. The van der Waals surface area contributed by atoms with Gasteiger partial charge in [-0.05, 0) is 56.7 Å². The minimum atomic E-state index is -0.677. The Bertz CT molecular complexity index is 1120. The number of carbonyl (C=O) groups is 1. The van der Waals surface area contributed by atoms with Crippen LogP contribution in [0.15, 0.2) is 69.8 Å². The number of anilines is 1. The van der Waals surface area contributed by atoms with E-state index >= 15 is 0 Å². The highest BCUT2D eigenvalue weighted by molar-refractivity contribution is 8.18. The van der Waals surface area contributed by atoms with E-state index in [0.717, 1.165) is 36.1 Å². The quantitative estimate of drug-likeness (QED) is 0.304. The first kappa shape index (κ1) is 24.1. The van der Waals surface area contributed by atoms with Gasteiger partial charge in [-0.2, -0.15) is 0 Å². The maximum Gasteiger partial charge on any atom is 0.344 e. The van der Waals surface area contributed by atoms with Gasteiger partial charge in [-0.3, -0.25) is 10.1 Å². The predicted molar refractivity (Wildman–Crippen MR) is 132 cm³/mol. The molecule has 33 heavy (non-hydrogen) atoms. The lowest BCUT2D eigenvalue weighted by molar-refractivity contribution is -0.384. The van der Waals surface area contributed by atoms with Crippen molar-refractivity contribution in [1.29, 1.82) is 0 Å². The van der Waals surface area contributed by atoms with Gasteiger partial charge in [0.15, 0.2) is 0 Å². The summed E-state index contributed by atoms with van der Waals surface area (Å²) in [5, 5.41) is 21.9. The summed E-state index contributed by atoms with van der Waals surface area (Å²) < 4.78 is 5.11. The molecule has 0 atom stereocenters. The third-order valence-electron chi connectivity index (χ3n) is 4.98. The Balaban J connectivity index is 1.95. The van der Waals surface area contributed by atoms with Gasteiger partial charge in [-0.1, -0.05) is 23.9 Å². The maximum atomic E-state index is 12.5. The van der Waals surface area contributed by atoms with Crippen LogP contribution >= 0.6 is 11.8 Å². The Morgan fingerprint density at radius 3 is 2.30 bits per heavy atom. The number of aliphatic hydroxyl groups excluding tert-OH is 1. The molecule has 172 valence electrons. The molecule has 8 nitrogen and oxygen atoms in total. The molecule has 1 aliphatic rings. The highest BCUT2D eigenvalue weighted by atomic mass is 32.2. The number of esters is 1. The van der Waals surface area contributed by atoms with Crippen LogP contribution in [0, 0.1) is 10.1 Å². The van der Waals surface area contributed by atoms with Crippen molar-refractivity contribution in [3.8, 4) is 0 Å². The van der Waals surface area contributed by atoms with E-state index < -0.39 is 10.9 Å². The van der Waals surface area contributed by atoms with Gasteiger partial charge in [-0.15, -0.1) is 0 Å². The second-order valence-electron chi connectivity index (χ2n) is 7.01. The van der Waals surface area contributed by atoms with Gasteiger partial charge in [-0.25, -0.2) is 9.79 Å². The molecule has 0 spiro atoms. The maximum absolute atomic E-state index is 12.5. The van der Waals surface area contributed by atoms with Crippen LogP contribution in [0.3, 0.4) is 0 Å². The first-order valence-corrected chi connectivity index (χ1v) is 11.4. The summed E-state index contributed by atoms with van der Waals surface area (Å²) in [5.74, 6) is -0.879. The van der Waals surface area contributed by atoms with Crippen LogP contribution < -0.4 is 4.90 Å². The lowest BCUT2D eigenvalue weighted by Gasteiger charge is -2.20. The van der Waals surface area contributed by atoms with E-state index in [9.17, 15) is 20.0 Å². The number of carbonyl (C=O) groups excluding carboxylic acids is 1. The van der Waals surface area contributed by atoms with Crippen molar-refractivity contribution >= 4 is 45.9 Å². The molecule has 1 aliphatic heterocycles. The third kappa shape index (κ3) is 5.61. The number of hydrogen-bond donors (Lipinski definition) is 1. The summed E-state index contributed by atoms with van der Waals surface area (Å²) in [5.41, 5.74) is 2.30. The van der Waals surface area contributed by atoms with E-state index in [0.29, 0.717) is 10.6 Å². The van der Waals surface area contributed by atoms with Gasteiger partial charge >= 0.3 is 5.97 Å². The van der Waals surface area contributed by atoms with Gasteiger partial charge in [0.2, 0.25) is 0 Å². The molecule has 0 unspecified atom stereocenters. The molecule has 3 rings (SSSR count). The molecule has 2 aromatic carbocycles. The number of benzene rings is 2. The van der Waals surface area contributed by atoms with E-state index in [1.165, 1.54) is 24.3 Å². The number of ether oxygens (including phenoxy) is 1. The number of thioether (sulfide) groups is 1. The Morgan fingerprint density at radius 1 is 1.12 bits per heavy atom. The van der Waals surface area contributed by atoms with Gasteiger partial charge in [0, 0.05) is 30.9 Å². The van der Waals surface area contributed by atoms with Crippen LogP contribution in [0.2, 0.25) is 0 Å². The molecule has 0 radical (unpaired) electrons. The lowest BCUT2D eigenvalue weighted by Crippen LogP contribution is -2.21. The van der Waals surface area contributed by atoms with Gasteiger partial charge in [0.1, 0.15) is 16.4 Å². The first-order valence-electron chi connectivity index (χ1n) is 10.6. The SMILES string of the molecule is CCOC(=O)C1=C(O)/C(=C/c2ccc(N(CC)CC)cc2)SC1=Nc1ccc([N+](=O)[O-])cc1. The molecule has 9 heteroatoms. The zero-order valence-corrected chi connectivity index (χ0v) is 19.5. The number of non-ortho nitro benzene ring substituents is 1. The molecule has 2 aromatic rings. The zero-order valence-electron chi connectivity index (χ0n) is 18.6. The molecule has 0 fully saturated rings. The fraction of sp³-hybridized carbons (Fsp3) is 0.250. The number of rotatable bonds is 8. The molecule has 0 aromatic heterocycles. The van der Waals surface area contributed by atoms with E-state index in [1.54, 1.807) is 13.0 Å². The van der Waals surface area contributed by atoms with Crippen molar-refractivity contribution in [2.45, 2.75) is 20.8 Å². The standard InChI is InChI=1S/C24H25N3O5S/c1-4-26(5-2)18-11-7-16(8-12-18)15-20-22(28)21(24(29)32-6-3)23(33-20)25-17-9-13-19(14-10-17)27(30)31/h7-15,28H,4-6H2,1-3H3/b20-15-,25-23?. The highest BCUT2D eigenvalue weighted by Gasteiger charge is 2.33. The molecular formula is C24H25N3O5S. The minimum Gasteiger partial charge on any atom is -0.506 e. The Labute approximate surface area is 196 Å². The molecule has 1 N–H and O–H groups in total. The summed E-state index contributed by atoms with van der Waals surface area (Å²) in [6, 6.07) is 13.6. The number of aliphatic hydroxyl groups is 1. The monoisotopic (exact) mass is 467 g/mol. The van der Waals surface area contributed by atoms with Crippen molar-refractivity contribution in [3.05, 3.63) is 80.4 Å². The van der Waals surface area contributed by atoms with Crippen LogP contribution in [0.25, 0.3) is 6.08 Å². The summed E-state index contributed by atoms with van der Waals surface area (Å²) in [7, 11) is 0.